The number of aliphatic hydroxyl groups excluding tert-OH is 1. The average molecular weight is 245 g/mol. The smallest absolute Gasteiger partial charge is 0.0608 e. The number of rotatable bonds is 5. The number of thioether (sulfide) groups is 1. The minimum absolute atomic E-state index is 0.0823. The molecule has 96 valence electrons. The average Bonchev–Trinajstić information content (AvgIpc) is 2.16. The molecule has 1 rings (SSSR count). The third kappa shape index (κ3) is 5.07. The van der Waals surface area contributed by atoms with E-state index in [1.807, 2.05) is 6.92 Å². The van der Waals surface area contributed by atoms with Crippen molar-refractivity contribution in [3.8, 4) is 0 Å². The first kappa shape index (κ1) is 14.3. The summed E-state index contributed by atoms with van der Waals surface area (Å²) in [6, 6.07) is 0. The minimum Gasteiger partial charge on any atom is -0.394 e. The molecule has 0 aromatic rings. The van der Waals surface area contributed by atoms with Gasteiger partial charge in [-0.2, -0.15) is 11.8 Å². The molecule has 1 aliphatic rings. The topological polar surface area (TPSA) is 46.2 Å². The van der Waals surface area contributed by atoms with Crippen molar-refractivity contribution in [2.75, 3.05) is 6.61 Å². The van der Waals surface area contributed by atoms with Crippen LogP contribution in [0.25, 0.3) is 0 Å². The summed E-state index contributed by atoms with van der Waals surface area (Å²) in [5.41, 5.74) is 5.58. The molecular formula is C13H27NOS. The van der Waals surface area contributed by atoms with Gasteiger partial charge in [-0.05, 0) is 32.1 Å². The third-order valence-electron chi connectivity index (χ3n) is 3.43. The molecule has 0 aromatic heterocycles. The van der Waals surface area contributed by atoms with Crippen molar-refractivity contribution in [2.45, 2.75) is 68.9 Å². The van der Waals surface area contributed by atoms with Gasteiger partial charge in [0.1, 0.15) is 0 Å². The van der Waals surface area contributed by atoms with Crippen LogP contribution in [-0.2, 0) is 0 Å². The standard InChI is InChI=1S/C13H27NOS/c1-10-5-4-6-12(7-10)16-11(2)8-13(3,14)9-15/h10-12,15H,4-9,14H2,1-3H3. The van der Waals surface area contributed by atoms with E-state index >= 15 is 0 Å². The Kier molecular flexibility index (Phi) is 5.62. The lowest BCUT2D eigenvalue weighted by Crippen LogP contribution is -2.42. The number of nitrogens with two attached hydrogens (primary N) is 1. The Morgan fingerprint density at radius 3 is 2.75 bits per heavy atom. The van der Waals surface area contributed by atoms with Crippen LogP contribution < -0.4 is 5.73 Å². The maximum absolute atomic E-state index is 9.16. The predicted octanol–water partition coefficient (Wildman–Crippen LogP) is 2.79. The normalized spacial score (nSPS) is 32.1. The van der Waals surface area contributed by atoms with Gasteiger partial charge in [0.25, 0.3) is 0 Å². The van der Waals surface area contributed by atoms with Crippen LogP contribution in [0.15, 0.2) is 0 Å². The highest BCUT2D eigenvalue weighted by molar-refractivity contribution is 8.00. The van der Waals surface area contributed by atoms with Crippen molar-refractivity contribution in [2.24, 2.45) is 11.7 Å². The van der Waals surface area contributed by atoms with Gasteiger partial charge < -0.3 is 10.8 Å². The second-order valence-corrected chi connectivity index (χ2v) is 7.60. The van der Waals surface area contributed by atoms with E-state index in [2.05, 4.69) is 25.6 Å². The zero-order valence-corrected chi connectivity index (χ0v) is 11.7. The van der Waals surface area contributed by atoms with Gasteiger partial charge >= 0.3 is 0 Å². The lowest BCUT2D eigenvalue weighted by Gasteiger charge is -2.31. The quantitative estimate of drug-likeness (QED) is 0.783. The van der Waals surface area contributed by atoms with Crippen LogP contribution in [0.3, 0.4) is 0 Å². The summed E-state index contributed by atoms with van der Waals surface area (Å²) >= 11 is 2.08. The summed E-state index contributed by atoms with van der Waals surface area (Å²) in [5, 5.41) is 10.5. The second-order valence-electron chi connectivity index (χ2n) is 5.86. The number of hydrogen-bond acceptors (Lipinski definition) is 3. The van der Waals surface area contributed by atoms with Crippen LogP contribution >= 0.6 is 11.8 Å². The minimum atomic E-state index is -0.410. The molecular weight excluding hydrogens is 218 g/mol. The highest BCUT2D eigenvalue weighted by Crippen LogP contribution is 2.35. The molecule has 0 amide bonds. The van der Waals surface area contributed by atoms with E-state index in [1.54, 1.807) is 0 Å². The largest absolute Gasteiger partial charge is 0.394 e. The van der Waals surface area contributed by atoms with Crippen molar-refractivity contribution in [3.05, 3.63) is 0 Å². The van der Waals surface area contributed by atoms with E-state index in [4.69, 9.17) is 10.8 Å². The molecule has 4 unspecified atom stereocenters. The van der Waals surface area contributed by atoms with Gasteiger partial charge in [0.2, 0.25) is 0 Å². The summed E-state index contributed by atoms with van der Waals surface area (Å²) in [7, 11) is 0. The first-order chi connectivity index (χ1) is 7.43. The Balaban J connectivity index is 2.30. The maximum Gasteiger partial charge on any atom is 0.0608 e. The van der Waals surface area contributed by atoms with Crippen molar-refractivity contribution in [1.29, 1.82) is 0 Å². The van der Waals surface area contributed by atoms with Gasteiger partial charge in [0.15, 0.2) is 0 Å². The molecule has 4 atom stereocenters. The molecule has 0 radical (unpaired) electrons. The molecule has 3 N–H and O–H groups in total. The molecule has 0 bridgehead atoms. The number of aliphatic hydroxyl groups is 1. The molecule has 0 aromatic carbocycles. The Bertz CT molecular complexity index is 208. The number of hydrogen-bond donors (Lipinski definition) is 2. The molecule has 3 heteroatoms. The molecule has 0 spiro atoms. The van der Waals surface area contributed by atoms with Gasteiger partial charge in [-0.25, -0.2) is 0 Å². The van der Waals surface area contributed by atoms with Crippen LogP contribution in [0, 0.1) is 5.92 Å². The van der Waals surface area contributed by atoms with Crippen molar-refractivity contribution in [3.63, 3.8) is 0 Å². The molecule has 2 nitrogen and oxygen atoms in total. The van der Waals surface area contributed by atoms with Gasteiger partial charge in [0, 0.05) is 16.0 Å². The zero-order chi connectivity index (χ0) is 12.2. The summed E-state index contributed by atoms with van der Waals surface area (Å²) < 4.78 is 0. The fourth-order valence-electron chi connectivity index (χ4n) is 2.60. The SMILES string of the molecule is CC1CCCC(SC(C)CC(C)(N)CO)C1. The molecule has 0 aliphatic heterocycles. The Morgan fingerprint density at radius 2 is 2.19 bits per heavy atom. The summed E-state index contributed by atoms with van der Waals surface area (Å²) in [6.07, 6.45) is 6.40. The van der Waals surface area contributed by atoms with E-state index in [-0.39, 0.29) is 6.61 Å². The fourth-order valence-corrected chi connectivity index (χ4v) is 4.48. The zero-order valence-electron chi connectivity index (χ0n) is 10.9. The van der Waals surface area contributed by atoms with E-state index in [9.17, 15) is 0 Å². The first-order valence-electron chi connectivity index (χ1n) is 6.48. The van der Waals surface area contributed by atoms with Gasteiger partial charge in [-0.1, -0.05) is 26.7 Å². The molecule has 0 heterocycles. The fraction of sp³-hybridized carbons (Fsp3) is 1.00. The molecule has 1 aliphatic carbocycles. The van der Waals surface area contributed by atoms with Crippen LogP contribution in [-0.4, -0.2) is 27.8 Å². The van der Waals surface area contributed by atoms with Crippen LogP contribution in [0.2, 0.25) is 0 Å². The molecule has 0 saturated heterocycles. The molecule has 1 saturated carbocycles. The summed E-state index contributed by atoms with van der Waals surface area (Å²) in [5.74, 6) is 0.889. The van der Waals surface area contributed by atoms with Crippen LogP contribution in [0.1, 0.15) is 52.9 Å². The highest BCUT2D eigenvalue weighted by Gasteiger charge is 2.25. The lowest BCUT2D eigenvalue weighted by molar-refractivity contribution is 0.201. The second kappa shape index (κ2) is 6.27. The Hall–Kier alpha value is 0.270. The van der Waals surface area contributed by atoms with Gasteiger partial charge in [0.05, 0.1) is 6.61 Å². The first-order valence-corrected chi connectivity index (χ1v) is 7.42. The van der Waals surface area contributed by atoms with E-state index < -0.39 is 5.54 Å². The summed E-state index contributed by atoms with van der Waals surface area (Å²) in [6.45, 7) is 6.62. The lowest BCUT2D eigenvalue weighted by atomic mass is 9.90. The summed E-state index contributed by atoms with van der Waals surface area (Å²) in [4.78, 5) is 0. The molecule has 1 fully saturated rings. The van der Waals surface area contributed by atoms with Crippen molar-refractivity contribution < 1.29 is 5.11 Å². The predicted molar refractivity (Wildman–Crippen MR) is 72.8 cm³/mol. The van der Waals surface area contributed by atoms with E-state index in [0.29, 0.717) is 5.25 Å². The Labute approximate surface area is 104 Å². The highest BCUT2D eigenvalue weighted by atomic mass is 32.2. The molecule has 16 heavy (non-hydrogen) atoms. The van der Waals surface area contributed by atoms with Crippen LogP contribution in [0.4, 0.5) is 0 Å². The third-order valence-corrected chi connectivity index (χ3v) is 4.87. The Morgan fingerprint density at radius 1 is 1.50 bits per heavy atom. The van der Waals surface area contributed by atoms with Gasteiger partial charge in [-0.15, -0.1) is 0 Å². The van der Waals surface area contributed by atoms with Crippen molar-refractivity contribution in [1.82, 2.24) is 0 Å². The maximum atomic E-state index is 9.16. The van der Waals surface area contributed by atoms with E-state index in [0.717, 1.165) is 17.6 Å². The van der Waals surface area contributed by atoms with Gasteiger partial charge in [-0.3, -0.25) is 0 Å². The van der Waals surface area contributed by atoms with E-state index in [1.165, 1.54) is 25.7 Å². The monoisotopic (exact) mass is 245 g/mol. The van der Waals surface area contributed by atoms with Crippen molar-refractivity contribution >= 4 is 11.8 Å². The van der Waals surface area contributed by atoms with Crippen LogP contribution in [0.5, 0.6) is 0 Å².